The third-order valence-electron chi connectivity index (χ3n) is 5.57. The van der Waals surface area contributed by atoms with Crippen molar-refractivity contribution in [2.24, 2.45) is 5.92 Å². The average Bonchev–Trinajstić information content (AvgIpc) is 3.07. The molecule has 142 valence electrons. The second-order valence-corrected chi connectivity index (χ2v) is 7.50. The van der Waals surface area contributed by atoms with E-state index >= 15 is 0 Å². The summed E-state index contributed by atoms with van der Waals surface area (Å²) in [6.07, 6.45) is 0.761. The summed E-state index contributed by atoms with van der Waals surface area (Å²) in [5.74, 6) is 0.171. The minimum Gasteiger partial charge on any atom is -0.465 e. The summed E-state index contributed by atoms with van der Waals surface area (Å²) in [6.45, 7) is 4.98. The Labute approximate surface area is 159 Å². The molecule has 0 unspecified atom stereocenters. The maximum absolute atomic E-state index is 13.0. The zero-order valence-electron chi connectivity index (χ0n) is 15.0. The lowest BCUT2D eigenvalue weighted by Crippen LogP contribution is -2.45. The van der Waals surface area contributed by atoms with Crippen molar-refractivity contribution in [2.75, 3.05) is 32.7 Å². The molecule has 7 heteroatoms. The van der Waals surface area contributed by atoms with Crippen LogP contribution in [0.15, 0.2) is 24.3 Å². The molecule has 26 heavy (non-hydrogen) atoms. The Morgan fingerprint density at radius 2 is 1.88 bits per heavy atom. The first kappa shape index (κ1) is 19.0. The fraction of sp³-hybridized carbons (Fsp3) is 0.579. The van der Waals surface area contributed by atoms with Crippen LogP contribution in [0, 0.1) is 5.92 Å². The molecule has 0 aliphatic carbocycles. The number of likely N-dealkylation sites (N-methyl/N-ethyl adjacent to an activating group) is 1. The number of hydrogen-bond acceptors (Lipinski definition) is 3. The summed E-state index contributed by atoms with van der Waals surface area (Å²) in [7, 11) is 0. The van der Waals surface area contributed by atoms with Crippen LogP contribution in [0.2, 0.25) is 5.02 Å². The molecule has 3 rings (SSSR count). The zero-order valence-corrected chi connectivity index (χ0v) is 15.8. The van der Waals surface area contributed by atoms with Crippen LogP contribution in [-0.4, -0.2) is 65.7 Å². The molecule has 0 spiro atoms. The van der Waals surface area contributed by atoms with Gasteiger partial charge in [0.1, 0.15) is 0 Å². The number of likely N-dealkylation sites (tertiary alicyclic amines) is 1. The fourth-order valence-electron chi connectivity index (χ4n) is 4.16. The van der Waals surface area contributed by atoms with E-state index in [0.717, 1.165) is 31.5 Å². The molecule has 2 atom stereocenters. The first-order chi connectivity index (χ1) is 12.5. The highest BCUT2D eigenvalue weighted by molar-refractivity contribution is 6.30. The van der Waals surface area contributed by atoms with Gasteiger partial charge in [-0.05, 0) is 50.6 Å². The Bertz CT molecular complexity index is 646. The Kier molecular flexibility index (Phi) is 6.04. The van der Waals surface area contributed by atoms with Gasteiger partial charge in [0, 0.05) is 36.5 Å². The molecule has 6 nitrogen and oxygen atoms in total. The number of carboxylic acid groups (broad SMARTS) is 1. The molecule has 2 saturated heterocycles. The molecule has 0 saturated carbocycles. The van der Waals surface area contributed by atoms with Gasteiger partial charge in [-0.15, -0.1) is 0 Å². The van der Waals surface area contributed by atoms with Crippen LogP contribution in [0.3, 0.4) is 0 Å². The van der Waals surface area contributed by atoms with Crippen molar-refractivity contribution in [3.05, 3.63) is 34.9 Å². The first-order valence-electron chi connectivity index (χ1n) is 9.25. The van der Waals surface area contributed by atoms with Gasteiger partial charge in [-0.1, -0.05) is 23.7 Å². The van der Waals surface area contributed by atoms with Crippen LogP contribution in [-0.2, 0) is 4.79 Å². The number of carbonyl (C=O) groups excluding carboxylic acids is 1. The summed E-state index contributed by atoms with van der Waals surface area (Å²) in [6, 6.07) is 7.29. The number of piperidine rings is 1. The van der Waals surface area contributed by atoms with E-state index in [1.807, 2.05) is 36.1 Å². The van der Waals surface area contributed by atoms with Crippen molar-refractivity contribution in [3.63, 3.8) is 0 Å². The van der Waals surface area contributed by atoms with Gasteiger partial charge in [0.15, 0.2) is 0 Å². The fourth-order valence-corrected chi connectivity index (χ4v) is 4.28. The van der Waals surface area contributed by atoms with Crippen molar-refractivity contribution in [1.82, 2.24) is 15.1 Å². The predicted octanol–water partition coefficient (Wildman–Crippen LogP) is 2.63. The second kappa shape index (κ2) is 8.27. The number of carbonyl (C=O) groups is 2. The molecular weight excluding hydrogens is 354 g/mol. The quantitative estimate of drug-likeness (QED) is 0.843. The van der Waals surface area contributed by atoms with Crippen LogP contribution < -0.4 is 5.32 Å². The molecule has 1 aromatic carbocycles. The number of amides is 2. The summed E-state index contributed by atoms with van der Waals surface area (Å²) < 4.78 is 0. The smallest absolute Gasteiger partial charge is 0.407 e. The lowest BCUT2D eigenvalue weighted by molar-refractivity contribution is -0.135. The number of nitrogens with zero attached hydrogens (tertiary/aromatic N) is 2. The molecule has 2 fully saturated rings. The molecule has 0 bridgehead atoms. The van der Waals surface area contributed by atoms with E-state index in [1.165, 1.54) is 4.90 Å². The third kappa shape index (κ3) is 3.96. The van der Waals surface area contributed by atoms with Gasteiger partial charge in [-0.25, -0.2) is 4.79 Å². The minimum absolute atomic E-state index is 0.0333. The van der Waals surface area contributed by atoms with Gasteiger partial charge < -0.3 is 20.2 Å². The molecule has 2 aliphatic rings. The Balaban J connectivity index is 1.83. The number of hydrogen-bond donors (Lipinski definition) is 2. The van der Waals surface area contributed by atoms with Crippen molar-refractivity contribution < 1.29 is 14.7 Å². The molecule has 2 amide bonds. The molecule has 0 aromatic heterocycles. The van der Waals surface area contributed by atoms with E-state index in [4.69, 9.17) is 11.6 Å². The molecular formula is C19H26ClN3O3. The number of halogens is 1. The topological polar surface area (TPSA) is 72.9 Å². The predicted molar refractivity (Wildman–Crippen MR) is 101 cm³/mol. The maximum Gasteiger partial charge on any atom is 0.407 e. The van der Waals surface area contributed by atoms with Crippen molar-refractivity contribution >= 4 is 23.6 Å². The van der Waals surface area contributed by atoms with Crippen molar-refractivity contribution in [1.29, 1.82) is 0 Å². The summed E-state index contributed by atoms with van der Waals surface area (Å²) in [5, 5.41) is 13.5. The van der Waals surface area contributed by atoms with Crippen LogP contribution in [0.1, 0.15) is 31.2 Å². The number of rotatable bonds is 4. The van der Waals surface area contributed by atoms with Gasteiger partial charge in [0.2, 0.25) is 5.91 Å². The lowest BCUT2D eigenvalue weighted by Gasteiger charge is -2.29. The standard InChI is InChI=1S/C19H26ClN3O3/c1-2-23(19(25)26)17-12-22(18(24)14-7-9-21-10-8-14)11-16(17)13-3-5-15(20)6-4-13/h3-6,14,16-17,21H,2,7-12H2,1H3,(H,25,26)/t16-,17+/m0/s1. The van der Waals surface area contributed by atoms with Crippen molar-refractivity contribution in [3.8, 4) is 0 Å². The van der Waals surface area contributed by atoms with Crippen LogP contribution in [0.5, 0.6) is 0 Å². The van der Waals surface area contributed by atoms with Gasteiger partial charge >= 0.3 is 6.09 Å². The summed E-state index contributed by atoms with van der Waals surface area (Å²) in [5.41, 5.74) is 1.03. The Hall–Kier alpha value is -1.79. The van der Waals surface area contributed by atoms with E-state index in [0.29, 0.717) is 24.7 Å². The van der Waals surface area contributed by atoms with E-state index in [9.17, 15) is 14.7 Å². The highest BCUT2D eigenvalue weighted by Crippen LogP contribution is 2.33. The van der Waals surface area contributed by atoms with E-state index in [-0.39, 0.29) is 23.8 Å². The second-order valence-electron chi connectivity index (χ2n) is 7.06. The lowest BCUT2D eigenvalue weighted by atomic mass is 9.93. The third-order valence-corrected chi connectivity index (χ3v) is 5.83. The Morgan fingerprint density at radius 3 is 2.46 bits per heavy atom. The van der Waals surface area contributed by atoms with Crippen molar-refractivity contribution in [2.45, 2.75) is 31.7 Å². The molecule has 1 aromatic rings. The van der Waals surface area contributed by atoms with Crippen LogP contribution in [0.4, 0.5) is 4.79 Å². The van der Waals surface area contributed by atoms with Crippen LogP contribution >= 0.6 is 11.6 Å². The SMILES string of the molecule is CCN(C(=O)O)[C@@H]1CN(C(=O)C2CCNCC2)C[C@H]1c1ccc(Cl)cc1. The summed E-state index contributed by atoms with van der Waals surface area (Å²) >= 11 is 6.00. The van der Waals surface area contributed by atoms with Crippen LogP contribution in [0.25, 0.3) is 0 Å². The highest BCUT2D eigenvalue weighted by Gasteiger charge is 2.42. The first-order valence-corrected chi connectivity index (χ1v) is 9.63. The number of benzene rings is 1. The summed E-state index contributed by atoms with van der Waals surface area (Å²) in [4.78, 5) is 28.0. The van der Waals surface area contributed by atoms with E-state index in [1.54, 1.807) is 0 Å². The molecule has 2 N–H and O–H groups in total. The molecule has 2 heterocycles. The minimum atomic E-state index is -0.937. The highest BCUT2D eigenvalue weighted by atomic mass is 35.5. The van der Waals surface area contributed by atoms with Gasteiger partial charge in [0.05, 0.1) is 6.04 Å². The average molecular weight is 380 g/mol. The largest absolute Gasteiger partial charge is 0.465 e. The monoisotopic (exact) mass is 379 g/mol. The molecule has 2 aliphatic heterocycles. The Morgan fingerprint density at radius 1 is 1.23 bits per heavy atom. The number of nitrogens with one attached hydrogen (secondary N) is 1. The maximum atomic E-state index is 13.0. The van der Waals surface area contributed by atoms with Gasteiger partial charge in [-0.3, -0.25) is 4.79 Å². The zero-order chi connectivity index (χ0) is 18.7. The van der Waals surface area contributed by atoms with E-state index < -0.39 is 6.09 Å². The van der Waals surface area contributed by atoms with Gasteiger partial charge in [0.25, 0.3) is 0 Å². The molecule has 0 radical (unpaired) electrons. The van der Waals surface area contributed by atoms with E-state index in [2.05, 4.69) is 5.32 Å². The normalized spacial score (nSPS) is 23.8. The van der Waals surface area contributed by atoms with Gasteiger partial charge in [-0.2, -0.15) is 0 Å².